The highest BCUT2D eigenvalue weighted by Crippen LogP contribution is 2.23. The lowest BCUT2D eigenvalue weighted by molar-refractivity contribution is 0.504. The third-order valence-corrected chi connectivity index (χ3v) is 4.41. The van der Waals surface area contributed by atoms with Crippen molar-refractivity contribution in [3.63, 3.8) is 0 Å². The van der Waals surface area contributed by atoms with Crippen LogP contribution in [0.3, 0.4) is 0 Å². The van der Waals surface area contributed by atoms with Crippen LogP contribution in [0, 0.1) is 18.6 Å². The summed E-state index contributed by atoms with van der Waals surface area (Å²) in [7, 11) is -4.00. The molecule has 0 aliphatic rings. The largest absolute Gasteiger partial charge is 0.280 e. The van der Waals surface area contributed by atoms with Gasteiger partial charge < -0.3 is 0 Å². The van der Waals surface area contributed by atoms with Crippen LogP contribution >= 0.6 is 11.6 Å². The summed E-state index contributed by atoms with van der Waals surface area (Å²) in [5.41, 5.74) is 1.03. The van der Waals surface area contributed by atoms with Crippen molar-refractivity contribution in [1.82, 2.24) is 0 Å². The molecule has 0 saturated heterocycles. The highest BCUT2D eigenvalue weighted by Gasteiger charge is 2.16. The Balaban J connectivity index is 2.35. The Hall–Kier alpha value is -1.66. The molecule has 0 bridgehead atoms. The van der Waals surface area contributed by atoms with Gasteiger partial charge in [0.1, 0.15) is 0 Å². The highest BCUT2D eigenvalue weighted by atomic mass is 35.5. The van der Waals surface area contributed by atoms with Crippen molar-refractivity contribution in [2.24, 2.45) is 0 Å². The van der Waals surface area contributed by atoms with E-state index < -0.39 is 21.7 Å². The van der Waals surface area contributed by atoms with E-state index in [0.717, 1.165) is 17.7 Å². The third kappa shape index (κ3) is 3.08. The summed E-state index contributed by atoms with van der Waals surface area (Å²) in [4.78, 5) is -0.368. The Morgan fingerprint density at radius 1 is 1.05 bits per heavy atom. The van der Waals surface area contributed by atoms with Gasteiger partial charge in [-0.25, -0.2) is 17.2 Å². The van der Waals surface area contributed by atoms with Crippen LogP contribution in [0.25, 0.3) is 0 Å². The average Bonchev–Trinajstić information content (AvgIpc) is 2.37. The molecule has 3 nitrogen and oxygen atoms in total. The van der Waals surface area contributed by atoms with Crippen LogP contribution in [0.1, 0.15) is 5.56 Å². The topological polar surface area (TPSA) is 46.2 Å². The zero-order valence-corrected chi connectivity index (χ0v) is 11.9. The maximum Gasteiger partial charge on any atom is 0.261 e. The van der Waals surface area contributed by atoms with Crippen LogP contribution in [0.5, 0.6) is 0 Å². The molecular weight excluding hydrogens is 308 g/mol. The van der Waals surface area contributed by atoms with Gasteiger partial charge in [-0.15, -0.1) is 0 Å². The van der Waals surface area contributed by atoms with Crippen LogP contribution in [-0.2, 0) is 10.0 Å². The van der Waals surface area contributed by atoms with Crippen LogP contribution in [0.15, 0.2) is 41.3 Å². The van der Waals surface area contributed by atoms with Crippen LogP contribution in [0.4, 0.5) is 14.5 Å². The van der Waals surface area contributed by atoms with E-state index in [2.05, 4.69) is 4.72 Å². The average molecular weight is 318 g/mol. The summed E-state index contributed by atoms with van der Waals surface area (Å²) in [6.07, 6.45) is 0. The van der Waals surface area contributed by atoms with Gasteiger partial charge in [0.25, 0.3) is 10.0 Å². The summed E-state index contributed by atoms with van der Waals surface area (Å²) in [6, 6.07) is 6.97. The number of aryl methyl sites for hydroxylation is 1. The molecule has 0 atom stereocenters. The number of anilines is 1. The Kier molecular flexibility index (Phi) is 3.96. The summed E-state index contributed by atoms with van der Waals surface area (Å²) in [5, 5.41) is 0.399. The summed E-state index contributed by atoms with van der Waals surface area (Å²) < 4.78 is 52.2. The maximum absolute atomic E-state index is 13.1. The lowest BCUT2D eigenvalue weighted by Crippen LogP contribution is -2.13. The van der Waals surface area contributed by atoms with Crippen molar-refractivity contribution >= 4 is 27.3 Å². The first-order valence-electron chi connectivity index (χ1n) is 5.53. The Morgan fingerprint density at radius 3 is 2.35 bits per heavy atom. The fourth-order valence-corrected chi connectivity index (χ4v) is 2.76. The third-order valence-electron chi connectivity index (χ3n) is 2.63. The molecule has 2 aromatic carbocycles. The quantitative estimate of drug-likeness (QED) is 0.937. The Bertz CT molecular complexity index is 763. The molecule has 0 aliphatic heterocycles. The smallest absolute Gasteiger partial charge is 0.261 e. The van der Waals surface area contributed by atoms with Crippen molar-refractivity contribution in [2.45, 2.75) is 11.8 Å². The van der Waals surface area contributed by atoms with Gasteiger partial charge in [0.2, 0.25) is 0 Å². The van der Waals surface area contributed by atoms with Gasteiger partial charge >= 0.3 is 0 Å². The number of hydrogen-bond acceptors (Lipinski definition) is 2. The van der Waals surface area contributed by atoms with Gasteiger partial charge in [0, 0.05) is 5.02 Å². The van der Waals surface area contributed by atoms with Crippen LogP contribution in [-0.4, -0.2) is 8.42 Å². The second-order valence-electron chi connectivity index (χ2n) is 4.15. The molecule has 1 N–H and O–H groups in total. The van der Waals surface area contributed by atoms with E-state index in [1.807, 2.05) is 0 Å². The number of nitrogens with one attached hydrogen (secondary N) is 1. The van der Waals surface area contributed by atoms with Gasteiger partial charge in [-0.1, -0.05) is 17.7 Å². The molecule has 2 rings (SSSR count). The molecule has 20 heavy (non-hydrogen) atoms. The van der Waals surface area contributed by atoms with E-state index >= 15 is 0 Å². The monoisotopic (exact) mass is 317 g/mol. The first kappa shape index (κ1) is 14.7. The minimum Gasteiger partial charge on any atom is -0.280 e. The molecule has 2 aromatic rings. The van der Waals surface area contributed by atoms with Gasteiger partial charge in [0.15, 0.2) is 11.6 Å². The number of rotatable bonds is 3. The molecule has 0 spiro atoms. The SMILES string of the molecule is Cc1ccc(NS(=O)(=O)c2ccc(F)c(F)c2)cc1Cl. The Morgan fingerprint density at radius 2 is 1.75 bits per heavy atom. The van der Waals surface area contributed by atoms with Gasteiger partial charge in [-0.3, -0.25) is 4.72 Å². The summed E-state index contributed by atoms with van der Waals surface area (Å²) in [6.45, 7) is 1.77. The molecule has 7 heteroatoms. The van der Waals surface area contributed by atoms with E-state index in [1.54, 1.807) is 13.0 Å². The van der Waals surface area contributed by atoms with Crippen LogP contribution < -0.4 is 4.72 Å². The van der Waals surface area contributed by atoms with Crippen molar-refractivity contribution in [2.75, 3.05) is 4.72 Å². The molecular formula is C13H10ClF2NO2S. The molecule has 0 radical (unpaired) electrons. The van der Waals surface area contributed by atoms with E-state index in [9.17, 15) is 17.2 Å². The van der Waals surface area contributed by atoms with Crippen molar-refractivity contribution in [3.05, 3.63) is 58.6 Å². The summed E-state index contributed by atoms with van der Waals surface area (Å²) in [5.74, 6) is -2.34. The molecule has 0 amide bonds. The fraction of sp³-hybridized carbons (Fsp3) is 0.0769. The maximum atomic E-state index is 13.1. The minimum atomic E-state index is -4.00. The number of benzene rings is 2. The van der Waals surface area contributed by atoms with E-state index in [1.165, 1.54) is 12.1 Å². The molecule has 0 aromatic heterocycles. The molecule has 0 saturated carbocycles. The predicted molar refractivity (Wildman–Crippen MR) is 73.4 cm³/mol. The number of halogens is 3. The van der Waals surface area contributed by atoms with E-state index in [0.29, 0.717) is 11.1 Å². The normalized spacial score (nSPS) is 11.4. The minimum absolute atomic E-state index is 0.241. The van der Waals surface area contributed by atoms with Crippen LogP contribution in [0.2, 0.25) is 5.02 Å². The predicted octanol–water partition coefficient (Wildman–Crippen LogP) is 3.73. The second kappa shape index (κ2) is 5.38. The molecule has 106 valence electrons. The lowest BCUT2D eigenvalue weighted by Gasteiger charge is -2.09. The van der Waals surface area contributed by atoms with E-state index in [-0.39, 0.29) is 10.6 Å². The molecule has 0 unspecified atom stereocenters. The zero-order valence-electron chi connectivity index (χ0n) is 10.3. The zero-order chi connectivity index (χ0) is 14.9. The Labute approximate surface area is 120 Å². The van der Waals surface area contributed by atoms with Gasteiger partial charge in [-0.2, -0.15) is 0 Å². The molecule has 0 fully saturated rings. The van der Waals surface area contributed by atoms with Gasteiger partial charge in [-0.05, 0) is 42.8 Å². The highest BCUT2D eigenvalue weighted by molar-refractivity contribution is 7.92. The van der Waals surface area contributed by atoms with Crippen molar-refractivity contribution < 1.29 is 17.2 Å². The van der Waals surface area contributed by atoms with Crippen molar-refractivity contribution in [3.8, 4) is 0 Å². The molecule has 0 heterocycles. The summed E-state index contributed by atoms with van der Waals surface area (Å²) >= 11 is 5.89. The number of sulfonamides is 1. The second-order valence-corrected chi connectivity index (χ2v) is 6.23. The first-order chi connectivity index (χ1) is 9.29. The molecule has 0 aliphatic carbocycles. The van der Waals surface area contributed by atoms with Gasteiger partial charge in [0.05, 0.1) is 10.6 Å². The van der Waals surface area contributed by atoms with Crippen molar-refractivity contribution in [1.29, 1.82) is 0 Å². The standard InChI is InChI=1S/C13H10ClF2NO2S/c1-8-2-3-9(6-11(8)14)17-20(18,19)10-4-5-12(15)13(16)7-10/h2-7,17H,1H3. The lowest BCUT2D eigenvalue weighted by atomic mass is 10.2. The van der Waals surface area contributed by atoms with E-state index in [4.69, 9.17) is 11.6 Å². The fourth-order valence-electron chi connectivity index (χ4n) is 1.51. The first-order valence-corrected chi connectivity index (χ1v) is 7.40. The number of hydrogen-bond donors (Lipinski definition) is 1.